The van der Waals surface area contributed by atoms with Crippen LogP contribution < -0.4 is 37.9 Å². The van der Waals surface area contributed by atoms with Gasteiger partial charge in [0.2, 0.25) is 5.91 Å². The van der Waals surface area contributed by atoms with Crippen LogP contribution in [0.1, 0.15) is 103 Å². The van der Waals surface area contributed by atoms with Gasteiger partial charge in [-0.15, -0.1) is 0 Å². The van der Waals surface area contributed by atoms with E-state index in [1.54, 1.807) is 63.1 Å². The second kappa shape index (κ2) is 39.6. The minimum absolute atomic E-state index is 0.280. The molecule has 1 saturated heterocycles. The van der Waals surface area contributed by atoms with Crippen molar-refractivity contribution in [2.45, 2.75) is 106 Å². The SMILES string of the molecule is C1CCOC1.COc1cncc2c1[C@]1(O)[C@H](O)[C@H](C(=O)N(C)C)[C@@H](c3ccccc3)[C@]1(c1ccc(Br)cc1)O2.COc1cncc2c1[C@]1(O)[C@H](O)[C@H](CN(C)C)[C@@H](c3ccccc3)[C@]1(c1ccc(Br)cc1)O2.[C-]#[N+]c1ccc([C@@]23Oc4cncc(OC)c4[C@]2(O)[C@H](O)[C@H](CN(C)C)[C@H]3c2ccccc2)cc1.[C-]#[N+]c1ccc([C@@]23Oc4cncc(OC)c4[C@]2(O)[C@H](O)[C@H](CN(C)C)[C@H]3c2ccccc2)cc1. The molecule has 0 unspecified atom stereocenters. The van der Waals surface area contributed by atoms with E-state index >= 15 is 0 Å². The van der Waals surface area contributed by atoms with E-state index in [1.807, 2.05) is 251 Å². The molecule has 0 spiro atoms. The van der Waals surface area contributed by atoms with E-state index in [0.29, 0.717) is 105 Å². The Balaban J connectivity index is 0.000000126. The van der Waals surface area contributed by atoms with Crippen LogP contribution in [-0.2, 0) is 54.3 Å². The zero-order valence-corrected chi connectivity index (χ0v) is 82.8. The molecule has 140 heavy (non-hydrogen) atoms. The number of hydrogen-bond acceptors (Lipinski definition) is 25. The number of aliphatic hydroxyl groups is 8. The van der Waals surface area contributed by atoms with Gasteiger partial charge in [-0.25, -0.2) is 9.69 Å². The zero-order valence-electron chi connectivity index (χ0n) is 79.7. The van der Waals surface area contributed by atoms with Crippen LogP contribution in [-0.4, -0.2) is 228 Å². The lowest BCUT2D eigenvalue weighted by Gasteiger charge is -2.41. The van der Waals surface area contributed by atoms with E-state index in [2.05, 4.69) is 61.5 Å². The van der Waals surface area contributed by atoms with Crippen LogP contribution in [0.5, 0.6) is 46.0 Å². The maximum absolute atomic E-state index is 13.6. The molecule has 1 amide bonds. The summed E-state index contributed by atoms with van der Waals surface area (Å²) in [6.07, 6.45) is 9.90. The number of halogens is 2. The van der Waals surface area contributed by atoms with E-state index in [-0.39, 0.29) is 40.9 Å². The number of amides is 1. The molecule has 9 aliphatic rings. The normalized spacial score (nSPS) is 29.2. The average molecular weight is 2020 g/mol. The van der Waals surface area contributed by atoms with E-state index in [9.17, 15) is 45.6 Å². The number of methoxy groups -OCH3 is 4. The smallest absolute Gasteiger partial charge is 0.228 e. The second-order valence-corrected chi connectivity index (χ2v) is 39.6. The Bertz CT molecular complexity index is 6320. The number of carbonyl (C=O) groups excluding carboxylic acids is 1. The first-order valence-corrected chi connectivity index (χ1v) is 47.8. The molecule has 12 aromatic rings. The molecule has 30 heteroatoms. The molecule has 4 aromatic heterocycles. The van der Waals surface area contributed by atoms with Crippen LogP contribution in [0.4, 0.5) is 11.4 Å². The molecule has 20 atom stereocenters. The van der Waals surface area contributed by atoms with E-state index in [4.69, 9.17) is 55.8 Å². The number of nitrogens with zero attached hydrogens (tertiary/aromatic N) is 10. The summed E-state index contributed by atoms with van der Waals surface area (Å²) in [5.41, 5.74) is -4.06. The number of rotatable bonds is 19. The first-order valence-electron chi connectivity index (χ1n) is 46.3. The molecule has 8 N–H and O–H groups in total. The van der Waals surface area contributed by atoms with Gasteiger partial charge < -0.3 is 103 Å². The number of hydrogen-bond donors (Lipinski definition) is 8. The van der Waals surface area contributed by atoms with Crippen LogP contribution >= 0.6 is 31.9 Å². The lowest BCUT2D eigenvalue weighted by molar-refractivity contribution is -0.156. The summed E-state index contributed by atoms with van der Waals surface area (Å²) in [6, 6.07) is 68.3. The van der Waals surface area contributed by atoms with Gasteiger partial charge in [0.1, 0.15) is 52.1 Å². The third kappa shape index (κ3) is 15.7. The Kier molecular flexibility index (Phi) is 28.1. The summed E-state index contributed by atoms with van der Waals surface area (Å²) in [4.78, 5) is 45.0. The Labute approximate surface area is 831 Å². The Morgan fingerprint density at radius 3 is 0.836 bits per heavy atom. The molecule has 28 nitrogen and oxygen atoms in total. The molecule has 9 heterocycles. The highest BCUT2D eigenvalue weighted by Crippen LogP contribution is 2.75. The molecule has 4 aliphatic carbocycles. The Morgan fingerprint density at radius 2 is 0.607 bits per heavy atom. The molecule has 726 valence electrons. The van der Waals surface area contributed by atoms with Crippen molar-refractivity contribution in [2.24, 2.45) is 23.7 Å². The largest absolute Gasteiger partial charge is 0.495 e. The maximum atomic E-state index is 13.6. The van der Waals surface area contributed by atoms with Gasteiger partial charge in [-0.2, -0.15) is 0 Å². The third-order valence-corrected chi connectivity index (χ3v) is 30.3. The number of pyridine rings is 4. The molecule has 5 aliphatic heterocycles. The summed E-state index contributed by atoms with van der Waals surface area (Å²) in [5.74, 6) is -1.37. The average Bonchev–Trinajstić information content (AvgIpc) is 1.51. The molecule has 0 bridgehead atoms. The molecular weight excluding hydrogens is 1910 g/mol. The van der Waals surface area contributed by atoms with Gasteiger partial charge in [0.05, 0.1) is 138 Å². The first kappa shape index (κ1) is 99.3. The van der Waals surface area contributed by atoms with Gasteiger partial charge in [0, 0.05) is 97.3 Å². The summed E-state index contributed by atoms with van der Waals surface area (Å²) >= 11 is 6.99. The highest BCUT2D eigenvalue weighted by Gasteiger charge is 2.82. The van der Waals surface area contributed by atoms with Crippen molar-refractivity contribution in [1.82, 2.24) is 39.5 Å². The molecule has 8 aromatic carbocycles. The molecule has 21 rings (SSSR count). The maximum Gasteiger partial charge on any atom is 0.228 e. The van der Waals surface area contributed by atoms with Gasteiger partial charge in [-0.05, 0) is 124 Å². The number of fused-ring (bicyclic) bond motifs is 12. The van der Waals surface area contributed by atoms with Crippen LogP contribution in [0.25, 0.3) is 9.69 Å². The monoisotopic (exact) mass is 2020 g/mol. The molecule has 0 radical (unpaired) electrons. The van der Waals surface area contributed by atoms with Gasteiger partial charge in [0.25, 0.3) is 0 Å². The van der Waals surface area contributed by atoms with Crippen molar-refractivity contribution in [2.75, 3.05) is 118 Å². The third-order valence-electron chi connectivity index (χ3n) is 29.2. The van der Waals surface area contributed by atoms with Crippen molar-refractivity contribution in [1.29, 1.82) is 0 Å². The second-order valence-electron chi connectivity index (χ2n) is 37.8. The predicted molar refractivity (Wildman–Crippen MR) is 531 cm³/mol. The number of carbonyl (C=O) groups is 1. The summed E-state index contributed by atoms with van der Waals surface area (Å²) in [7, 11) is 21.0. The minimum Gasteiger partial charge on any atom is -0.495 e. The Hall–Kier alpha value is -12.3. The van der Waals surface area contributed by atoms with Gasteiger partial charge in [0.15, 0.2) is 56.2 Å². The molecule has 5 fully saturated rings. The van der Waals surface area contributed by atoms with E-state index < -0.39 is 92.9 Å². The fourth-order valence-corrected chi connectivity index (χ4v) is 24.4. The van der Waals surface area contributed by atoms with Crippen LogP contribution in [0.15, 0.2) is 277 Å². The van der Waals surface area contributed by atoms with Gasteiger partial charge in [-0.1, -0.05) is 226 Å². The van der Waals surface area contributed by atoms with Gasteiger partial charge in [-0.3, -0.25) is 24.7 Å². The van der Waals surface area contributed by atoms with Crippen LogP contribution in [0.2, 0.25) is 0 Å². The van der Waals surface area contributed by atoms with Crippen molar-refractivity contribution in [3.05, 3.63) is 367 Å². The lowest BCUT2D eigenvalue weighted by Crippen LogP contribution is -2.52. The summed E-state index contributed by atoms with van der Waals surface area (Å²) < 4.78 is 55.9. The van der Waals surface area contributed by atoms with Crippen LogP contribution in [0.3, 0.4) is 0 Å². The predicted octanol–water partition coefficient (Wildman–Crippen LogP) is 14.6. The molecular formula is C110H114Br2N10O18. The minimum atomic E-state index is -2.00. The summed E-state index contributed by atoms with van der Waals surface area (Å²) in [5, 5.41) is 98.1. The van der Waals surface area contributed by atoms with Crippen LogP contribution in [0, 0.1) is 36.8 Å². The fourth-order valence-electron chi connectivity index (χ4n) is 23.9. The highest BCUT2D eigenvalue weighted by atomic mass is 79.9. The van der Waals surface area contributed by atoms with E-state index in [1.165, 1.54) is 71.0 Å². The number of aromatic nitrogens is 4. The molecule has 4 saturated carbocycles. The fraction of sp³-hybridized carbons (Fsp3) is 0.355. The number of aliphatic hydroxyl groups excluding tert-OH is 4. The topological polar surface area (TPSA) is 335 Å². The lowest BCUT2D eigenvalue weighted by atomic mass is 9.70. The number of ether oxygens (including phenoxy) is 9. The van der Waals surface area contributed by atoms with E-state index in [0.717, 1.165) is 50.0 Å². The highest BCUT2D eigenvalue weighted by molar-refractivity contribution is 9.10. The van der Waals surface area contributed by atoms with Crippen molar-refractivity contribution in [3.63, 3.8) is 0 Å². The quantitative estimate of drug-likeness (QED) is 0.0349. The van der Waals surface area contributed by atoms with Crippen molar-refractivity contribution in [3.8, 4) is 46.0 Å². The standard InChI is InChI=1S/2C27H27N3O4.C26H25BrN2O5.C26H27BrN2O4.C4H8O/c2*1-28-19-12-10-18(11-13-19)27-23(17-8-6-5-7-9-17)20(16-30(2)3)25(31)26(27,32)24-21(33-4)14-29-15-22(24)34-27;1-29(2)24(31)20-21(15-7-5-4-6-8-15)26(16-9-11-17(27)12-10-16)25(32,23(20)30)22-18(33-3)13-28-14-19(22)34-26;1-29(2)15-19-22(16-7-5-4-6-8-16)26(17-9-11-18(27)12-10-17)25(31,24(19)30)23-20(32-3)13-28-14-21(23)33-26;1-2-4-5-3-1/h2*5-15,20,23,25,31-32H,16H2,2-4H3;4-14,20-21,23,30,32H,1-3H3;4-14,19,22,24,30-31H,15H2,1-3H3;1-4H2/t2*20-,23-,25-,26+,27+;20-,21-,23-,25+,26+;19-,22-,24-,25+,26+;/m1111./s1. The van der Waals surface area contributed by atoms with Crippen molar-refractivity contribution < 1.29 is 88.3 Å². The van der Waals surface area contributed by atoms with Gasteiger partial charge >= 0.3 is 0 Å². The van der Waals surface area contributed by atoms with Crippen molar-refractivity contribution >= 4 is 49.1 Å². The zero-order chi connectivity index (χ0) is 99.3. The Morgan fingerprint density at radius 1 is 0.364 bits per heavy atom. The number of benzene rings is 8. The summed E-state index contributed by atoms with van der Waals surface area (Å²) in [6.45, 7) is 18.3. The first-order chi connectivity index (χ1) is 67.4.